The first-order chi connectivity index (χ1) is 16.8. The van der Waals surface area contributed by atoms with Crippen molar-refractivity contribution < 1.29 is 9.47 Å². The maximum atomic E-state index is 6.09. The summed E-state index contributed by atoms with van der Waals surface area (Å²) >= 11 is 0. The SMILES string of the molecule is COc1cc(-c2nc(-c3ccccc3)c(-c3ccccc3)[nH]2)ccc1OCCN1CCCCC1. The molecule has 4 aromatic rings. The van der Waals surface area contributed by atoms with Gasteiger partial charge < -0.3 is 14.5 Å². The largest absolute Gasteiger partial charge is 0.493 e. The number of benzene rings is 3. The van der Waals surface area contributed by atoms with Crippen molar-refractivity contribution in [3.8, 4) is 45.4 Å². The highest BCUT2D eigenvalue weighted by Gasteiger charge is 2.17. The molecule has 2 heterocycles. The van der Waals surface area contributed by atoms with Gasteiger partial charge in [0.15, 0.2) is 11.5 Å². The molecule has 3 aromatic carbocycles. The van der Waals surface area contributed by atoms with E-state index >= 15 is 0 Å². The van der Waals surface area contributed by atoms with Gasteiger partial charge in [0.2, 0.25) is 0 Å². The van der Waals surface area contributed by atoms with E-state index in [0.717, 1.165) is 51.9 Å². The van der Waals surface area contributed by atoms with Crippen LogP contribution in [0.2, 0.25) is 0 Å². The zero-order chi connectivity index (χ0) is 23.2. The Labute approximate surface area is 201 Å². The van der Waals surface area contributed by atoms with Crippen LogP contribution in [-0.4, -0.2) is 48.2 Å². The third-order valence-corrected chi connectivity index (χ3v) is 6.36. The summed E-state index contributed by atoms with van der Waals surface area (Å²) in [5.41, 5.74) is 5.07. The number of imidazole rings is 1. The second-order valence-electron chi connectivity index (χ2n) is 8.66. The molecule has 0 spiro atoms. The maximum Gasteiger partial charge on any atom is 0.161 e. The zero-order valence-corrected chi connectivity index (χ0v) is 19.7. The molecule has 1 aliphatic rings. The fraction of sp³-hybridized carbons (Fsp3) is 0.276. The van der Waals surface area contributed by atoms with Crippen LogP contribution >= 0.6 is 0 Å². The monoisotopic (exact) mass is 453 g/mol. The first-order valence-electron chi connectivity index (χ1n) is 12.1. The lowest BCUT2D eigenvalue weighted by Crippen LogP contribution is -2.33. The van der Waals surface area contributed by atoms with Crippen molar-refractivity contribution in [3.63, 3.8) is 0 Å². The number of aromatic amines is 1. The minimum Gasteiger partial charge on any atom is -0.493 e. The molecule has 174 valence electrons. The summed E-state index contributed by atoms with van der Waals surface area (Å²) in [7, 11) is 1.68. The average molecular weight is 454 g/mol. The normalized spacial score (nSPS) is 14.1. The molecule has 1 N–H and O–H groups in total. The van der Waals surface area contributed by atoms with E-state index in [1.54, 1.807) is 7.11 Å². The molecular weight excluding hydrogens is 422 g/mol. The number of aromatic nitrogens is 2. The number of hydrogen-bond acceptors (Lipinski definition) is 4. The van der Waals surface area contributed by atoms with Gasteiger partial charge in [0.25, 0.3) is 0 Å². The second-order valence-corrected chi connectivity index (χ2v) is 8.66. The zero-order valence-electron chi connectivity index (χ0n) is 19.7. The molecule has 0 atom stereocenters. The van der Waals surface area contributed by atoms with Gasteiger partial charge in [-0.3, -0.25) is 4.90 Å². The smallest absolute Gasteiger partial charge is 0.161 e. The summed E-state index contributed by atoms with van der Waals surface area (Å²) in [5.74, 6) is 2.28. The molecule has 34 heavy (non-hydrogen) atoms. The molecule has 0 unspecified atom stereocenters. The van der Waals surface area contributed by atoms with Crippen LogP contribution in [0.25, 0.3) is 33.9 Å². The van der Waals surface area contributed by atoms with Crippen molar-refractivity contribution in [1.29, 1.82) is 0 Å². The van der Waals surface area contributed by atoms with E-state index < -0.39 is 0 Å². The van der Waals surface area contributed by atoms with Gasteiger partial charge in [-0.15, -0.1) is 0 Å². The molecule has 1 aromatic heterocycles. The van der Waals surface area contributed by atoms with Gasteiger partial charge >= 0.3 is 0 Å². The highest BCUT2D eigenvalue weighted by molar-refractivity contribution is 5.81. The summed E-state index contributed by atoms with van der Waals surface area (Å²) < 4.78 is 11.8. The van der Waals surface area contributed by atoms with Crippen molar-refractivity contribution in [2.45, 2.75) is 19.3 Å². The van der Waals surface area contributed by atoms with Crippen LogP contribution in [0.1, 0.15) is 19.3 Å². The Morgan fingerprint density at radius 2 is 1.50 bits per heavy atom. The Kier molecular flexibility index (Phi) is 6.91. The first-order valence-corrected chi connectivity index (χ1v) is 12.1. The third kappa shape index (κ3) is 5.00. The predicted molar refractivity (Wildman–Crippen MR) is 137 cm³/mol. The van der Waals surface area contributed by atoms with E-state index in [9.17, 15) is 0 Å². The van der Waals surface area contributed by atoms with Crippen molar-refractivity contribution >= 4 is 0 Å². The van der Waals surface area contributed by atoms with Crippen LogP contribution in [0.5, 0.6) is 11.5 Å². The van der Waals surface area contributed by atoms with Crippen molar-refractivity contribution in [3.05, 3.63) is 78.9 Å². The lowest BCUT2D eigenvalue weighted by Gasteiger charge is -2.26. The van der Waals surface area contributed by atoms with Gasteiger partial charge in [-0.25, -0.2) is 4.98 Å². The number of piperidine rings is 1. The van der Waals surface area contributed by atoms with Crippen molar-refractivity contribution in [2.24, 2.45) is 0 Å². The first kappa shape index (κ1) is 22.2. The molecule has 5 rings (SSSR count). The number of ether oxygens (including phenoxy) is 2. The predicted octanol–water partition coefficient (Wildman–Crippen LogP) is 6.28. The summed E-state index contributed by atoms with van der Waals surface area (Å²) in [6.45, 7) is 3.95. The quantitative estimate of drug-likeness (QED) is 0.341. The van der Waals surface area contributed by atoms with Gasteiger partial charge in [0.05, 0.1) is 18.5 Å². The maximum absolute atomic E-state index is 6.09. The Hall–Kier alpha value is -3.57. The number of likely N-dealkylation sites (tertiary alicyclic amines) is 1. The summed E-state index contributed by atoms with van der Waals surface area (Å²) in [5, 5.41) is 0. The van der Waals surface area contributed by atoms with E-state index in [-0.39, 0.29) is 0 Å². The number of rotatable bonds is 8. The van der Waals surface area contributed by atoms with Crippen LogP contribution in [-0.2, 0) is 0 Å². The summed E-state index contributed by atoms with van der Waals surface area (Å²) in [6, 6.07) is 26.6. The van der Waals surface area contributed by atoms with Gasteiger partial charge in [-0.05, 0) is 44.1 Å². The Bertz CT molecular complexity index is 1140. The lowest BCUT2D eigenvalue weighted by atomic mass is 10.1. The molecule has 5 nitrogen and oxygen atoms in total. The van der Waals surface area contributed by atoms with Crippen LogP contribution in [0, 0.1) is 0 Å². The Morgan fingerprint density at radius 1 is 0.794 bits per heavy atom. The molecule has 0 amide bonds. The van der Waals surface area contributed by atoms with Gasteiger partial charge in [0, 0.05) is 23.2 Å². The van der Waals surface area contributed by atoms with E-state index in [2.05, 4.69) is 34.1 Å². The van der Waals surface area contributed by atoms with Gasteiger partial charge in [0.1, 0.15) is 12.4 Å². The van der Waals surface area contributed by atoms with Crippen LogP contribution in [0.15, 0.2) is 78.9 Å². The molecule has 0 saturated carbocycles. The molecule has 0 aliphatic carbocycles. The molecule has 1 saturated heterocycles. The highest BCUT2D eigenvalue weighted by Crippen LogP contribution is 2.36. The molecule has 5 heteroatoms. The van der Waals surface area contributed by atoms with E-state index in [4.69, 9.17) is 14.5 Å². The standard InChI is InChI=1S/C29H31N3O2/c1-33-26-21-24(15-16-25(26)34-20-19-32-17-9-4-10-18-32)29-30-27(22-11-5-2-6-12-22)28(31-29)23-13-7-3-8-14-23/h2-3,5-8,11-16,21H,4,9-10,17-20H2,1H3,(H,30,31). The number of H-pyrrole nitrogens is 1. The molecule has 1 fully saturated rings. The number of nitrogens with one attached hydrogen (secondary N) is 1. The van der Waals surface area contributed by atoms with E-state index in [1.807, 2.05) is 54.6 Å². The van der Waals surface area contributed by atoms with Crippen LogP contribution in [0.3, 0.4) is 0 Å². The minimum atomic E-state index is 0.659. The van der Waals surface area contributed by atoms with E-state index in [1.165, 1.54) is 32.4 Å². The third-order valence-electron chi connectivity index (χ3n) is 6.36. The van der Waals surface area contributed by atoms with Crippen molar-refractivity contribution in [1.82, 2.24) is 14.9 Å². The van der Waals surface area contributed by atoms with E-state index in [0.29, 0.717) is 6.61 Å². The molecule has 0 bridgehead atoms. The van der Waals surface area contributed by atoms with Crippen LogP contribution < -0.4 is 9.47 Å². The minimum absolute atomic E-state index is 0.659. The topological polar surface area (TPSA) is 50.4 Å². The Balaban J connectivity index is 1.41. The second kappa shape index (κ2) is 10.6. The summed E-state index contributed by atoms with van der Waals surface area (Å²) in [4.78, 5) is 11.0. The number of hydrogen-bond donors (Lipinski definition) is 1. The Morgan fingerprint density at radius 3 is 2.21 bits per heavy atom. The number of methoxy groups -OCH3 is 1. The highest BCUT2D eigenvalue weighted by atomic mass is 16.5. The molecule has 1 aliphatic heterocycles. The van der Waals surface area contributed by atoms with Gasteiger partial charge in [-0.2, -0.15) is 0 Å². The van der Waals surface area contributed by atoms with Crippen LogP contribution in [0.4, 0.5) is 0 Å². The fourth-order valence-electron chi connectivity index (χ4n) is 4.53. The van der Waals surface area contributed by atoms with Crippen molar-refractivity contribution in [2.75, 3.05) is 33.4 Å². The molecular formula is C29H31N3O2. The molecule has 0 radical (unpaired) electrons. The fourth-order valence-corrected chi connectivity index (χ4v) is 4.53. The summed E-state index contributed by atoms with van der Waals surface area (Å²) in [6.07, 6.45) is 3.92. The van der Waals surface area contributed by atoms with Gasteiger partial charge in [-0.1, -0.05) is 67.1 Å². The number of nitrogens with zero attached hydrogens (tertiary/aromatic N) is 2. The lowest BCUT2D eigenvalue weighted by molar-refractivity contribution is 0.180. The average Bonchev–Trinajstić information content (AvgIpc) is 3.36.